The first-order chi connectivity index (χ1) is 9.69. The number of ether oxygens (including phenoxy) is 1. The molecule has 0 atom stereocenters. The lowest BCUT2D eigenvalue weighted by Gasteiger charge is -2.32. The second-order valence-corrected chi connectivity index (χ2v) is 5.95. The molecule has 112 valence electrons. The van der Waals surface area contributed by atoms with Crippen LogP contribution in [0.2, 0.25) is 0 Å². The summed E-state index contributed by atoms with van der Waals surface area (Å²) in [5.74, 6) is 1.58. The lowest BCUT2D eigenvalue weighted by Crippen LogP contribution is -2.38. The first-order valence-electron chi connectivity index (χ1n) is 7.62. The molecule has 0 bridgehead atoms. The minimum atomic E-state index is 0.590. The van der Waals surface area contributed by atoms with Gasteiger partial charge in [-0.1, -0.05) is 19.9 Å². The number of hydrogen-bond donors (Lipinski definition) is 1. The van der Waals surface area contributed by atoms with E-state index < -0.39 is 0 Å². The molecule has 1 fully saturated rings. The summed E-state index contributed by atoms with van der Waals surface area (Å²) in [5, 5.41) is 3.55. The van der Waals surface area contributed by atoms with E-state index in [9.17, 15) is 0 Å². The van der Waals surface area contributed by atoms with Gasteiger partial charge in [-0.25, -0.2) is 4.98 Å². The van der Waals surface area contributed by atoms with Crippen LogP contribution in [0, 0.1) is 5.92 Å². The monoisotopic (exact) mass is 277 g/mol. The number of likely N-dealkylation sites (tertiary alicyclic amines) is 1. The van der Waals surface area contributed by atoms with Gasteiger partial charge < -0.3 is 10.1 Å². The van der Waals surface area contributed by atoms with Gasteiger partial charge in [0.05, 0.1) is 7.11 Å². The van der Waals surface area contributed by atoms with Gasteiger partial charge >= 0.3 is 0 Å². The van der Waals surface area contributed by atoms with Gasteiger partial charge in [-0.2, -0.15) is 0 Å². The molecule has 0 aromatic carbocycles. The third-order valence-electron chi connectivity index (χ3n) is 3.96. The van der Waals surface area contributed by atoms with Crippen molar-refractivity contribution in [3.05, 3.63) is 23.9 Å². The van der Waals surface area contributed by atoms with E-state index in [4.69, 9.17) is 4.74 Å². The summed E-state index contributed by atoms with van der Waals surface area (Å²) in [5.41, 5.74) is 1.19. The van der Waals surface area contributed by atoms with E-state index in [0.29, 0.717) is 6.04 Å². The lowest BCUT2D eigenvalue weighted by atomic mass is 9.96. The molecule has 1 aliphatic rings. The van der Waals surface area contributed by atoms with Crippen molar-refractivity contribution in [3.63, 3.8) is 0 Å². The Bertz CT molecular complexity index is 400. The Labute approximate surface area is 122 Å². The Morgan fingerprint density at radius 2 is 2.15 bits per heavy atom. The summed E-state index contributed by atoms with van der Waals surface area (Å²) >= 11 is 0. The molecule has 4 nitrogen and oxygen atoms in total. The summed E-state index contributed by atoms with van der Waals surface area (Å²) in [6.07, 6.45) is 4.34. The highest BCUT2D eigenvalue weighted by Crippen LogP contribution is 2.21. The van der Waals surface area contributed by atoms with Crippen LogP contribution >= 0.6 is 0 Å². The van der Waals surface area contributed by atoms with Crippen molar-refractivity contribution in [2.24, 2.45) is 5.92 Å². The maximum atomic E-state index is 5.33. The van der Waals surface area contributed by atoms with Crippen LogP contribution in [0.15, 0.2) is 18.3 Å². The molecule has 2 heterocycles. The van der Waals surface area contributed by atoms with E-state index >= 15 is 0 Å². The quantitative estimate of drug-likeness (QED) is 0.866. The Balaban J connectivity index is 1.79. The van der Waals surface area contributed by atoms with Gasteiger partial charge in [0.1, 0.15) is 0 Å². The summed E-state index contributed by atoms with van der Waals surface area (Å²) in [4.78, 5) is 6.77. The molecule has 1 N–H and O–H groups in total. The molecule has 0 radical (unpaired) electrons. The molecule has 0 spiro atoms. The van der Waals surface area contributed by atoms with Gasteiger partial charge in [0, 0.05) is 24.3 Å². The maximum absolute atomic E-state index is 5.33. The SMILES string of the molecule is COc1ncccc1CN1CCC(CNC(C)C)CC1. The summed E-state index contributed by atoms with van der Waals surface area (Å²) in [7, 11) is 1.69. The van der Waals surface area contributed by atoms with E-state index in [1.54, 1.807) is 13.3 Å². The number of rotatable bonds is 6. The molecule has 0 saturated carbocycles. The molecule has 1 saturated heterocycles. The molecule has 1 aromatic heterocycles. The molecule has 1 aromatic rings. The van der Waals surface area contributed by atoms with Crippen LogP contribution in [0.25, 0.3) is 0 Å². The largest absolute Gasteiger partial charge is 0.481 e. The number of pyridine rings is 1. The van der Waals surface area contributed by atoms with E-state index in [2.05, 4.69) is 35.1 Å². The first-order valence-corrected chi connectivity index (χ1v) is 7.62. The van der Waals surface area contributed by atoms with Crippen LogP contribution < -0.4 is 10.1 Å². The van der Waals surface area contributed by atoms with Crippen LogP contribution in [-0.4, -0.2) is 42.7 Å². The number of aromatic nitrogens is 1. The Morgan fingerprint density at radius 1 is 1.40 bits per heavy atom. The fourth-order valence-corrected chi connectivity index (χ4v) is 2.72. The van der Waals surface area contributed by atoms with Crippen LogP contribution in [0.1, 0.15) is 32.3 Å². The van der Waals surface area contributed by atoms with Crippen LogP contribution in [-0.2, 0) is 6.54 Å². The highest BCUT2D eigenvalue weighted by atomic mass is 16.5. The zero-order valence-electron chi connectivity index (χ0n) is 12.9. The Hall–Kier alpha value is -1.13. The van der Waals surface area contributed by atoms with Crippen molar-refractivity contribution in [3.8, 4) is 5.88 Å². The smallest absolute Gasteiger partial charge is 0.217 e. The molecule has 0 unspecified atom stereocenters. The minimum absolute atomic E-state index is 0.590. The van der Waals surface area contributed by atoms with Gasteiger partial charge in [-0.3, -0.25) is 4.90 Å². The zero-order valence-corrected chi connectivity index (χ0v) is 12.9. The third kappa shape index (κ3) is 4.46. The second-order valence-electron chi connectivity index (χ2n) is 5.95. The summed E-state index contributed by atoms with van der Waals surface area (Å²) in [6, 6.07) is 4.68. The average molecular weight is 277 g/mol. The molecule has 0 amide bonds. The summed E-state index contributed by atoms with van der Waals surface area (Å²) < 4.78 is 5.33. The lowest BCUT2D eigenvalue weighted by molar-refractivity contribution is 0.172. The van der Waals surface area contributed by atoms with Gasteiger partial charge in [-0.15, -0.1) is 0 Å². The average Bonchev–Trinajstić information content (AvgIpc) is 2.47. The minimum Gasteiger partial charge on any atom is -0.481 e. The molecule has 20 heavy (non-hydrogen) atoms. The maximum Gasteiger partial charge on any atom is 0.217 e. The summed E-state index contributed by atoms with van der Waals surface area (Å²) in [6.45, 7) is 8.86. The van der Waals surface area contributed by atoms with Crippen molar-refractivity contribution < 1.29 is 4.74 Å². The van der Waals surface area contributed by atoms with E-state index in [1.165, 1.54) is 31.5 Å². The number of hydrogen-bond acceptors (Lipinski definition) is 4. The van der Waals surface area contributed by atoms with E-state index in [-0.39, 0.29) is 0 Å². The number of nitrogens with one attached hydrogen (secondary N) is 1. The van der Waals surface area contributed by atoms with Crippen molar-refractivity contribution in [1.82, 2.24) is 15.2 Å². The molecule has 2 rings (SSSR count). The van der Waals surface area contributed by atoms with E-state index in [1.807, 2.05) is 6.07 Å². The fraction of sp³-hybridized carbons (Fsp3) is 0.688. The molecular weight excluding hydrogens is 250 g/mol. The molecular formula is C16H27N3O. The van der Waals surface area contributed by atoms with Gasteiger partial charge in [0.25, 0.3) is 0 Å². The van der Waals surface area contributed by atoms with Crippen molar-refractivity contribution in [2.45, 2.75) is 39.3 Å². The predicted molar refractivity (Wildman–Crippen MR) is 81.9 cm³/mol. The Kier molecular flexibility index (Phi) is 5.80. The molecule has 1 aliphatic heterocycles. The van der Waals surface area contributed by atoms with Crippen LogP contribution in [0.5, 0.6) is 5.88 Å². The highest BCUT2D eigenvalue weighted by Gasteiger charge is 2.20. The molecule has 4 heteroatoms. The van der Waals surface area contributed by atoms with Gasteiger partial charge in [0.2, 0.25) is 5.88 Å². The number of piperidine rings is 1. The number of methoxy groups -OCH3 is 1. The topological polar surface area (TPSA) is 37.4 Å². The number of nitrogens with zero attached hydrogens (tertiary/aromatic N) is 2. The van der Waals surface area contributed by atoms with Gasteiger partial charge in [0.15, 0.2) is 0 Å². The zero-order chi connectivity index (χ0) is 14.4. The van der Waals surface area contributed by atoms with Crippen molar-refractivity contribution >= 4 is 0 Å². The van der Waals surface area contributed by atoms with Crippen LogP contribution in [0.4, 0.5) is 0 Å². The highest BCUT2D eigenvalue weighted by molar-refractivity contribution is 5.25. The normalized spacial score (nSPS) is 17.6. The second kappa shape index (κ2) is 7.60. The fourth-order valence-electron chi connectivity index (χ4n) is 2.72. The van der Waals surface area contributed by atoms with Crippen LogP contribution in [0.3, 0.4) is 0 Å². The standard InChI is InChI=1S/C16H27N3O/c1-13(2)18-11-14-6-9-19(10-7-14)12-15-5-4-8-17-16(15)20-3/h4-5,8,13-14,18H,6-7,9-12H2,1-3H3. The van der Waals surface area contributed by atoms with Crippen molar-refractivity contribution in [1.29, 1.82) is 0 Å². The predicted octanol–water partition coefficient (Wildman–Crippen LogP) is 2.30. The van der Waals surface area contributed by atoms with Crippen molar-refractivity contribution in [2.75, 3.05) is 26.7 Å². The Morgan fingerprint density at radius 3 is 2.80 bits per heavy atom. The van der Waals surface area contributed by atoms with Gasteiger partial charge in [-0.05, 0) is 44.5 Å². The first kappa shape index (κ1) is 15.3. The third-order valence-corrected chi connectivity index (χ3v) is 3.96. The van der Waals surface area contributed by atoms with E-state index in [0.717, 1.165) is 24.9 Å². The molecule has 0 aliphatic carbocycles.